The van der Waals surface area contributed by atoms with Crippen LogP contribution >= 0.6 is 0 Å². The van der Waals surface area contributed by atoms with Gasteiger partial charge in [-0.15, -0.1) is 0 Å². The molecule has 1 aromatic carbocycles. The second-order valence-electron chi connectivity index (χ2n) is 5.15. The number of pyridine rings is 1. The number of amides is 1. The predicted octanol–water partition coefficient (Wildman–Crippen LogP) is 3.48. The molecule has 0 atom stereocenters. The normalized spacial score (nSPS) is 10.8. The summed E-state index contributed by atoms with van der Waals surface area (Å²) in [5.74, 6) is 0.0526. The number of hydrogen-bond donors (Lipinski definition) is 0. The van der Waals surface area contributed by atoms with Gasteiger partial charge in [0.2, 0.25) is 0 Å². The fourth-order valence-electron chi connectivity index (χ4n) is 2.56. The maximum atomic E-state index is 12.4. The van der Waals surface area contributed by atoms with Gasteiger partial charge >= 0.3 is 0 Å². The maximum absolute atomic E-state index is 12.4. The Balaban J connectivity index is 1.99. The quantitative estimate of drug-likeness (QED) is 0.738. The lowest BCUT2D eigenvalue weighted by Gasteiger charge is -2.18. The SMILES string of the molecule is CCN(CC)C(=O)c1ccn2cc(-c3ccccc3)nc2c1. The maximum Gasteiger partial charge on any atom is 0.254 e. The number of hydrogen-bond acceptors (Lipinski definition) is 2. The van der Waals surface area contributed by atoms with Crippen LogP contribution in [0.4, 0.5) is 0 Å². The molecule has 0 unspecified atom stereocenters. The minimum Gasteiger partial charge on any atom is -0.339 e. The van der Waals surface area contributed by atoms with Gasteiger partial charge in [0.1, 0.15) is 5.65 Å². The first-order valence-electron chi connectivity index (χ1n) is 7.56. The van der Waals surface area contributed by atoms with Crippen LogP contribution in [0, 0.1) is 0 Å². The molecule has 0 fully saturated rings. The molecule has 0 bridgehead atoms. The molecule has 0 aliphatic rings. The molecule has 2 aromatic heterocycles. The number of aromatic nitrogens is 2. The summed E-state index contributed by atoms with van der Waals surface area (Å²) in [5, 5.41) is 0. The third-order valence-corrected chi connectivity index (χ3v) is 3.83. The molecule has 0 saturated heterocycles. The van der Waals surface area contributed by atoms with Gasteiger partial charge < -0.3 is 9.30 Å². The Morgan fingerprint density at radius 2 is 1.86 bits per heavy atom. The van der Waals surface area contributed by atoms with Crippen molar-refractivity contribution >= 4 is 11.6 Å². The van der Waals surface area contributed by atoms with Crippen molar-refractivity contribution in [2.75, 3.05) is 13.1 Å². The minimum atomic E-state index is 0.0526. The summed E-state index contributed by atoms with van der Waals surface area (Å²) in [4.78, 5) is 18.9. The third kappa shape index (κ3) is 2.60. The second kappa shape index (κ2) is 6.02. The summed E-state index contributed by atoms with van der Waals surface area (Å²) in [6.07, 6.45) is 3.88. The van der Waals surface area contributed by atoms with Crippen molar-refractivity contribution in [3.63, 3.8) is 0 Å². The third-order valence-electron chi connectivity index (χ3n) is 3.83. The molecule has 0 N–H and O–H groups in total. The predicted molar refractivity (Wildman–Crippen MR) is 87.9 cm³/mol. The summed E-state index contributed by atoms with van der Waals surface area (Å²) in [6.45, 7) is 5.40. The van der Waals surface area contributed by atoms with Gasteiger partial charge in [0.15, 0.2) is 0 Å². The number of carbonyl (C=O) groups excluding carboxylic acids is 1. The Morgan fingerprint density at radius 1 is 1.14 bits per heavy atom. The van der Waals surface area contributed by atoms with Gasteiger partial charge in [-0.25, -0.2) is 4.98 Å². The van der Waals surface area contributed by atoms with Gasteiger partial charge in [-0.1, -0.05) is 30.3 Å². The van der Waals surface area contributed by atoms with E-state index in [1.807, 2.05) is 78.0 Å². The molecule has 0 saturated carbocycles. The molecule has 3 rings (SSSR count). The summed E-state index contributed by atoms with van der Waals surface area (Å²) >= 11 is 0. The number of carbonyl (C=O) groups is 1. The highest BCUT2D eigenvalue weighted by Crippen LogP contribution is 2.19. The molecule has 3 aromatic rings. The number of benzene rings is 1. The lowest BCUT2D eigenvalue weighted by molar-refractivity contribution is 0.0773. The zero-order valence-corrected chi connectivity index (χ0v) is 12.9. The molecular weight excluding hydrogens is 274 g/mol. The molecule has 0 aliphatic carbocycles. The molecule has 0 aliphatic heterocycles. The zero-order chi connectivity index (χ0) is 15.5. The van der Waals surface area contributed by atoms with E-state index in [-0.39, 0.29) is 5.91 Å². The Bertz CT molecular complexity index is 788. The van der Waals surface area contributed by atoms with Crippen molar-refractivity contribution in [3.05, 3.63) is 60.4 Å². The monoisotopic (exact) mass is 293 g/mol. The Hall–Kier alpha value is -2.62. The van der Waals surface area contributed by atoms with E-state index in [4.69, 9.17) is 0 Å². The zero-order valence-electron chi connectivity index (χ0n) is 12.9. The molecule has 112 valence electrons. The highest BCUT2D eigenvalue weighted by molar-refractivity contribution is 5.95. The number of rotatable bonds is 4. The van der Waals surface area contributed by atoms with Gasteiger partial charge in [0, 0.05) is 36.6 Å². The van der Waals surface area contributed by atoms with Gasteiger partial charge in [-0.05, 0) is 26.0 Å². The molecule has 0 radical (unpaired) electrons. The highest BCUT2D eigenvalue weighted by Gasteiger charge is 2.13. The highest BCUT2D eigenvalue weighted by atomic mass is 16.2. The average Bonchev–Trinajstić information content (AvgIpc) is 2.99. The van der Waals surface area contributed by atoms with Crippen LogP contribution in [0.15, 0.2) is 54.9 Å². The Labute approximate surface area is 130 Å². The fourth-order valence-corrected chi connectivity index (χ4v) is 2.56. The summed E-state index contributed by atoms with van der Waals surface area (Å²) in [6, 6.07) is 13.7. The van der Waals surface area contributed by atoms with E-state index in [1.54, 1.807) is 0 Å². The van der Waals surface area contributed by atoms with Gasteiger partial charge in [0.05, 0.1) is 5.69 Å². The van der Waals surface area contributed by atoms with E-state index in [2.05, 4.69) is 4.98 Å². The van der Waals surface area contributed by atoms with Crippen LogP contribution in [0.1, 0.15) is 24.2 Å². The number of imidazole rings is 1. The van der Waals surface area contributed by atoms with Crippen molar-refractivity contribution in [1.29, 1.82) is 0 Å². The van der Waals surface area contributed by atoms with E-state index < -0.39 is 0 Å². The van der Waals surface area contributed by atoms with Crippen LogP contribution in [0.25, 0.3) is 16.9 Å². The minimum absolute atomic E-state index is 0.0526. The van der Waals surface area contributed by atoms with Crippen molar-refractivity contribution in [1.82, 2.24) is 14.3 Å². The first-order chi connectivity index (χ1) is 10.7. The molecule has 2 heterocycles. The second-order valence-corrected chi connectivity index (χ2v) is 5.15. The smallest absolute Gasteiger partial charge is 0.254 e. The lowest BCUT2D eigenvalue weighted by atomic mass is 10.2. The number of nitrogens with zero attached hydrogens (tertiary/aromatic N) is 3. The molecule has 1 amide bonds. The number of fused-ring (bicyclic) bond motifs is 1. The van der Waals surface area contributed by atoms with Crippen LogP contribution in [-0.2, 0) is 0 Å². The van der Waals surface area contributed by atoms with Crippen molar-refractivity contribution in [2.45, 2.75) is 13.8 Å². The first-order valence-corrected chi connectivity index (χ1v) is 7.56. The topological polar surface area (TPSA) is 37.6 Å². The molecule has 0 spiro atoms. The standard InChI is InChI=1S/C18H19N3O/c1-3-20(4-2)18(22)15-10-11-21-13-16(19-17(21)12-15)14-8-6-5-7-9-14/h5-13H,3-4H2,1-2H3. The van der Waals surface area contributed by atoms with Crippen LogP contribution in [0.3, 0.4) is 0 Å². The van der Waals surface area contributed by atoms with Crippen molar-refractivity contribution in [2.24, 2.45) is 0 Å². The molecule has 4 heteroatoms. The lowest BCUT2D eigenvalue weighted by Crippen LogP contribution is -2.30. The first kappa shape index (κ1) is 14.3. The van der Waals surface area contributed by atoms with Crippen LogP contribution in [0.2, 0.25) is 0 Å². The molecule has 22 heavy (non-hydrogen) atoms. The summed E-state index contributed by atoms with van der Waals surface area (Å²) in [7, 11) is 0. The van der Waals surface area contributed by atoms with E-state index in [0.717, 1.165) is 16.9 Å². The fraction of sp³-hybridized carbons (Fsp3) is 0.222. The van der Waals surface area contributed by atoms with E-state index in [0.29, 0.717) is 18.7 Å². The largest absolute Gasteiger partial charge is 0.339 e. The van der Waals surface area contributed by atoms with Gasteiger partial charge in [-0.3, -0.25) is 4.79 Å². The summed E-state index contributed by atoms with van der Waals surface area (Å²) in [5.41, 5.74) is 3.45. The van der Waals surface area contributed by atoms with E-state index in [9.17, 15) is 4.79 Å². The summed E-state index contributed by atoms with van der Waals surface area (Å²) < 4.78 is 1.95. The Morgan fingerprint density at radius 3 is 2.55 bits per heavy atom. The van der Waals surface area contributed by atoms with E-state index >= 15 is 0 Å². The average molecular weight is 293 g/mol. The van der Waals surface area contributed by atoms with Crippen molar-refractivity contribution < 1.29 is 4.79 Å². The Kier molecular flexibility index (Phi) is 3.92. The molecule has 4 nitrogen and oxygen atoms in total. The van der Waals surface area contributed by atoms with Crippen LogP contribution in [0.5, 0.6) is 0 Å². The molecular formula is C18H19N3O. The van der Waals surface area contributed by atoms with Crippen LogP contribution in [-0.4, -0.2) is 33.3 Å². The van der Waals surface area contributed by atoms with E-state index in [1.165, 1.54) is 0 Å². The van der Waals surface area contributed by atoms with Crippen molar-refractivity contribution in [3.8, 4) is 11.3 Å². The van der Waals surface area contributed by atoms with Gasteiger partial charge in [0.25, 0.3) is 5.91 Å². The van der Waals surface area contributed by atoms with Gasteiger partial charge in [-0.2, -0.15) is 0 Å². The van der Waals surface area contributed by atoms with Crippen LogP contribution < -0.4 is 0 Å².